The van der Waals surface area contributed by atoms with E-state index < -0.39 is 41.4 Å². The summed E-state index contributed by atoms with van der Waals surface area (Å²) in [5.41, 5.74) is -0.563. The molecule has 2 heterocycles. The van der Waals surface area contributed by atoms with E-state index >= 15 is 0 Å². The monoisotopic (exact) mass is 476 g/mol. The van der Waals surface area contributed by atoms with Crippen LogP contribution in [0.15, 0.2) is 12.2 Å². The smallest absolute Gasteiger partial charge is 0.463 e. The molecule has 0 bridgehead atoms. The lowest BCUT2D eigenvalue weighted by molar-refractivity contribution is -0.156. The number of carbonyl (C=O) groups is 5. The van der Waals surface area contributed by atoms with Crippen molar-refractivity contribution in [3.63, 3.8) is 0 Å². The zero-order valence-corrected chi connectivity index (χ0v) is 18.5. The highest BCUT2D eigenvalue weighted by molar-refractivity contribution is 8.77. The maximum Gasteiger partial charge on any atom is 0.508 e. The van der Waals surface area contributed by atoms with Crippen molar-refractivity contribution in [2.24, 2.45) is 5.41 Å². The van der Waals surface area contributed by atoms with Crippen LogP contribution in [0.5, 0.6) is 0 Å². The van der Waals surface area contributed by atoms with Gasteiger partial charge in [0, 0.05) is 36.6 Å². The Balaban J connectivity index is 1.60. The molecule has 1 atom stereocenters. The molecule has 3 amide bonds. The minimum Gasteiger partial charge on any atom is -0.463 e. The number of imide groups is 1. The molecular weight excluding hydrogens is 452 g/mol. The fourth-order valence-electron chi connectivity index (χ4n) is 2.46. The van der Waals surface area contributed by atoms with Crippen LogP contribution in [0.3, 0.4) is 0 Å². The first-order valence-electron chi connectivity index (χ1n) is 9.41. The molecule has 1 saturated heterocycles. The quantitative estimate of drug-likeness (QED) is 0.178. The number of aliphatic hydroxyl groups excluding tert-OH is 1. The van der Waals surface area contributed by atoms with Gasteiger partial charge in [0.2, 0.25) is 5.91 Å². The number of hydrogen-bond acceptors (Lipinski definition) is 11. The predicted octanol–water partition coefficient (Wildman–Crippen LogP) is -0.124. The molecule has 0 saturated carbocycles. The van der Waals surface area contributed by atoms with Gasteiger partial charge in [0.05, 0.1) is 12.0 Å². The number of rotatable bonds is 11. The topological polar surface area (TPSA) is 149 Å². The molecule has 0 aromatic rings. The number of nitrogens with one attached hydrogen (secondary N) is 1. The van der Waals surface area contributed by atoms with Gasteiger partial charge in [-0.15, -0.1) is 0 Å². The van der Waals surface area contributed by atoms with Crippen molar-refractivity contribution in [2.45, 2.75) is 19.4 Å². The Bertz CT molecular complexity index is 718. The third kappa shape index (κ3) is 8.07. The van der Waals surface area contributed by atoms with Gasteiger partial charge in [-0.25, -0.2) is 9.59 Å². The van der Waals surface area contributed by atoms with Crippen molar-refractivity contribution in [2.75, 3.05) is 44.4 Å². The number of carbonyl (C=O) groups excluding carboxylic acids is 5. The van der Waals surface area contributed by atoms with Gasteiger partial charge in [-0.2, -0.15) is 0 Å². The van der Waals surface area contributed by atoms with Gasteiger partial charge in [0.15, 0.2) is 0 Å². The summed E-state index contributed by atoms with van der Waals surface area (Å²) >= 11 is 0. The molecule has 1 unspecified atom stereocenters. The van der Waals surface area contributed by atoms with Crippen molar-refractivity contribution >= 4 is 51.4 Å². The van der Waals surface area contributed by atoms with E-state index in [2.05, 4.69) is 5.32 Å². The average molecular weight is 477 g/mol. The summed E-state index contributed by atoms with van der Waals surface area (Å²) in [6, 6.07) is 0. The van der Waals surface area contributed by atoms with Gasteiger partial charge in [-0.1, -0.05) is 21.6 Å². The molecule has 0 spiro atoms. The van der Waals surface area contributed by atoms with Gasteiger partial charge < -0.3 is 24.6 Å². The van der Waals surface area contributed by atoms with Crippen molar-refractivity contribution in [1.82, 2.24) is 10.2 Å². The van der Waals surface area contributed by atoms with Crippen LogP contribution in [0.2, 0.25) is 0 Å². The molecule has 0 aromatic carbocycles. The van der Waals surface area contributed by atoms with Crippen LogP contribution in [0.4, 0.5) is 4.79 Å². The third-order valence-corrected chi connectivity index (χ3v) is 7.11. The summed E-state index contributed by atoms with van der Waals surface area (Å²) in [6.07, 6.45) is 0.0741. The first kappa shape index (κ1) is 25.0. The van der Waals surface area contributed by atoms with Gasteiger partial charge in [0.1, 0.15) is 25.9 Å². The summed E-state index contributed by atoms with van der Waals surface area (Å²) in [5.74, 6) is -0.850. The molecule has 2 aliphatic heterocycles. The second-order valence-electron chi connectivity index (χ2n) is 6.96. The number of nitrogens with zero attached hydrogens (tertiary/aromatic N) is 1. The maximum atomic E-state index is 11.8. The Kier molecular flexibility index (Phi) is 9.65. The first-order chi connectivity index (χ1) is 14.7. The highest BCUT2D eigenvalue weighted by Gasteiger charge is 2.39. The molecule has 0 aliphatic carbocycles. The summed E-state index contributed by atoms with van der Waals surface area (Å²) in [4.78, 5) is 58.8. The second kappa shape index (κ2) is 12.0. The van der Waals surface area contributed by atoms with Crippen molar-refractivity contribution in [3.8, 4) is 0 Å². The van der Waals surface area contributed by atoms with Crippen molar-refractivity contribution in [3.05, 3.63) is 12.2 Å². The maximum absolute atomic E-state index is 11.8. The molecule has 0 radical (unpaired) electrons. The third-order valence-electron chi connectivity index (χ3n) is 4.28. The van der Waals surface area contributed by atoms with E-state index in [4.69, 9.17) is 14.2 Å². The number of aliphatic hydroxyl groups is 1. The van der Waals surface area contributed by atoms with E-state index in [1.807, 2.05) is 0 Å². The molecule has 2 N–H and O–H groups in total. The van der Waals surface area contributed by atoms with Crippen LogP contribution in [-0.4, -0.2) is 90.4 Å². The van der Waals surface area contributed by atoms with E-state index in [0.717, 1.165) is 17.1 Å². The molecule has 13 heteroatoms. The molecule has 0 aromatic heterocycles. The fourth-order valence-corrected chi connectivity index (χ4v) is 5.79. The van der Waals surface area contributed by atoms with Crippen LogP contribution in [0, 0.1) is 5.41 Å². The zero-order valence-electron chi connectivity index (χ0n) is 16.9. The fraction of sp³-hybridized carbons (Fsp3) is 0.611. The highest BCUT2D eigenvalue weighted by Crippen LogP contribution is 2.43. The van der Waals surface area contributed by atoms with E-state index in [-0.39, 0.29) is 39.3 Å². The Labute approximate surface area is 186 Å². The van der Waals surface area contributed by atoms with Crippen LogP contribution in [0.1, 0.15) is 13.3 Å². The van der Waals surface area contributed by atoms with Crippen LogP contribution >= 0.6 is 21.6 Å². The van der Waals surface area contributed by atoms with Crippen molar-refractivity contribution < 1.29 is 43.3 Å². The Morgan fingerprint density at radius 3 is 2.35 bits per heavy atom. The number of ether oxygens (including phenoxy) is 3. The van der Waals surface area contributed by atoms with Gasteiger partial charge in [-0.05, 0) is 6.92 Å². The highest BCUT2D eigenvalue weighted by atomic mass is 33.1. The Hall–Kier alpha value is -2.25. The molecule has 2 rings (SSSR count). The van der Waals surface area contributed by atoms with Gasteiger partial charge in [0.25, 0.3) is 11.8 Å². The largest absolute Gasteiger partial charge is 0.508 e. The first-order valence-corrected chi connectivity index (χ1v) is 11.9. The molecule has 172 valence electrons. The normalized spacial score (nSPS) is 18.1. The van der Waals surface area contributed by atoms with Gasteiger partial charge >= 0.3 is 12.1 Å². The predicted molar refractivity (Wildman–Crippen MR) is 111 cm³/mol. The summed E-state index contributed by atoms with van der Waals surface area (Å²) < 4.78 is 15.1. The van der Waals surface area contributed by atoms with Crippen LogP contribution in [0.25, 0.3) is 0 Å². The lowest BCUT2D eigenvalue weighted by Crippen LogP contribution is -2.38. The Morgan fingerprint density at radius 2 is 1.74 bits per heavy atom. The van der Waals surface area contributed by atoms with E-state index in [0.29, 0.717) is 11.5 Å². The SMILES string of the molecule is CC(O)C(=O)OCC1(COC(=O)OCCNC(=O)CCN2C(=O)C=CC2=O)CSSC1. The minimum atomic E-state index is -1.23. The summed E-state index contributed by atoms with van der Waals surface area (Å²) in [5, 5.41) is 11.7. The standard InChI is InChI=1S/C18H24N2O9S2/c1-12(21)16(25)28-8-18(10-30-31-11-18)9-29-17(26)27-7-5-19-13(22)4-6-20-14(23)2-3-15(20)24/h2-3,12,21H,4-11H2,1H3,(H,19,22). The molecule has 2 aliphatic rings. The van der Waals surface area contributed by atoms with Crippen LogP contribution < -0.4 is 5.32 Å². The van der Waals surface area contributed by atoms with E-state index in [9.17, 15) is 29.1 Å². The number of hydrogen-bond donors (Lipinski definition) is 2. The van der Waals surface area contributed by atoms with E-state index in [1.165, 1.54) is 6.92 Å². The summed E-state index contributed by atoms with van der Waals surface area (Å²) in [7, 11) is 3.13. The second-order valence-corrected chi connectivity index (χ2v) is 9.42. The number of esters is 1. The minimum absolute atomic E-state index is 0.0115. The van der Waals surface area contributed by atoms with Gasteiger partial charge in [-0.3, -0.25) is 19.3 Å². The van der Waals surface area contributed by atoms with Crippen LogP contribution in [-0.2, 0) is 33.4 Å². The lowest BCUT2D eigenvalue weighted by Gasteiger charge is -2.26. The summed E-state index contributed by atoms with van der Waals surface area (Å²) in [6.45, 7) is 1.19. The van der Waals surface area contributed by atoms with E-state index in [1.54, 1.807) is 21.6 Å². The molecular formula is C18H24N2O9S2. The molecule has 31 heavy (non-hydrogen) atoms. The average Bonchev–Trinajstić information content (AvgIpc) is 3.33. The number of amides is 3. The lowest BCUT2D eigenvalue weighted by atomic mass is 9.95. The Morgan fingerprint density at radius 1 is 1.13 bits per heavy atom. The molecule has 1 fully saturated rings. The molecule has 11 nitrogen and oxygen atoms in total. The zero-order chi connectivity index (χ0) is 22.9. The van der Waals surface area contributed by atoms with Crippen molar-refractivity contribution in [1.29, 1.82) is 0 Å².